The van der Waals surface area contributed by atoms with Crippen LogP contribution < -0.4 is 51.4 Å². The first-order chi connectivity index (χ1) is 4.95. The molecule has 0 aliphatic rings. The van der Waals surface area contributed by atoms with E-state index < -0.39 is 12.9 Å². The molecule has 0 aromatic carbocycles. The van der Waals surface area contributed by atoms with Gasteiger partial charge in [0.1, 0.15) is 0 Å². The third kappa shape index (κ3) is 10.7. The molecule has 0 rings (SSSR count). The summed E-state index contributed by atoms with van der Waals surface area (Å²) in [5.41, 5.74) is 0. The predicted molar refractivity (Wildman–Crippen MR) is 34.9 cm³/mol. The number of halogens is 3. The summed E-state index contributed by atoms with van der Waals surface area (Å²) in [4.78, 5) is 10.3. The summed E-state index contributed by atoms with van der Waals surface area (Å²) in [6.07, 6.45) is 0.378. The van der Waals surface area contributed by atoms with Crippen molar-refractivity contribution in [3.05, 3.63) is 12.1 Å². The van der Waals surface area contributed by atoms with Gasteiger partial charge < -0.3 is 17.7 Å². The summed E-state index contributed by atoms with van der Waals surface area (Å²) in [7, 11) is 0. The summed E-state index contributed by atoms with van der Waals surface area (Å²) in [5.74, 6) is -1.07. The molecule has 0 aromatic heterocycles. The Bertz CT molecular complexity index is 169. The normalized spacial score (nSPS) is 11.0. The van der Waals surface area contributed by atoms with E-state index in [-0.39, 0.29) is 64.0 Å². The molecule has 0 bridgehead atoms. The molecule has 0 unspecified atom stereocenters. The zero-order valence-electron chi connectivity index (χ0n) is 6.89. The van der Waals surface area contributed by atoms with Gasteiger partial charge in [0.15, 0.2) is 0 Å². The molecule has 0 aliphatic carbocycles. The number of carbonyl (C=O) groups excluding carboxylic acids is 1. The van der Waals surface area contributed by atoms with Crippen molar-refractivity contribution < 1.29 is 73.9 Å². The molecule has 0 amide bonds. The Morgan fingerprint density at radius 3 is 2.33 bits per heavy atom. The Morgan fingerprint density at radius 2 is 2.00 bits per heavy atom. The fourth-order valence-corrected chi connectivity index (χ4v) is 0.378. The molecule has 0 radical (unpaired) electrons. The van der Waals surface area contributed by atoms with E-state index in [1.165, 1.54) is 6.92 Å². The van der Waals surface area contributed by atoms with Gasteiger partial charge >= 0.3 is 64.3 Å². The molecule has 0 saturated heterocycles. The quantitative estimate of drug-likeness (QED) is 0.319. The van der Waals surface area contributed by atoms with Crippen LogP contribution in [0.2, 0.25) is 0 Å². The standard InChI is InChI=1S/C5H7BF3O2.K/c1-2-11-5(10)3-4-6(7,8)9;/h3-4H,2H2,1H3;/q-1;+1. The summed E-state index contributed by atoms with van der Waals surface area (Å²) < 4.78 is 38.5. The third-order valence-electron chi connectivity index (χ3n) is 0.737. The van der Waals surface area contributed by atoms with E-state index in [0.717, 1.165) is 0 Å². The van der Waals surface area contributed by atoms with Crippen molar-refractivity contribution in [2.75, 3.05) is 6.61 Å². The van der Waals surface area contributed by atoms with Gasteiger partial charge in [0, 0.05) is 0 Å². The van der Waals surface area contributed by atoms with E-state index in [2.05, 4.69) is 4.74 Å². The van der Waals surface area contributed by atoms with Crippen molar-refractivity contribution >= 4 is 12.9 Å². The van der Waals surface area contributed by atoms with E-state index in [1.807, 2.05) is 0 Å². The van der Waals surface area contributed by atoms with Gasteiger partial charge in [-0.1, -0.05) is 0 Å². The minimum Gasteiger partial charge on any atom is -0.463 e. The monoisotopic (exact) mass is 206 g/mol. The molecule has 0 spiro atoms. The fourth-order valence-electron chi connectivity index (χ4n) is 0.378. The molecular weight excluding hydrogens is 199 g/mol. The van der Waals surface area contributed by atoms with Crippen LogP contribution in [0.15, 0.2) is 12.1 Å². The van der Waals surface area contributed by atoms with Gasteiger partial charge in [-0.25, -0.2) is 4.79 Å². The first kappa shape index (κ1) is 15.2. The van der Waals surface area contributed by atoms with Gasteiger partial charge in [0.2, 0.25) is 0 Å². The van der Waals surface area contributed by atoms with Crippen LogP contribution in [-0.2, 0) is 9.53 Å². The fraction of sp³-hybridized carbons (Fsp3) is 0.400. The van der Waals surface area contributed by atoms with Crippen LogP contribution in [0.3, 0.4) is 0 Å². The van der Waals surface area contributed by atoms with Crippen LogP contribution in [0.1, 0.15) is 6.92 Å². The molecule has 0 saturated carbocycles. The summed E-state index contributed by atoms with van der Waals surface area (Å²) in [6.45, 7) is -3.43. The van der Waals surface area contributed by atoms with Crippen molar-refractivity contribution in [2.45, 2.75) is 6.92 Å². The number of hydrogen-bond donors (Lipinski definition) is 0. The van der Waals surface area contributed by atoms with E-state index in [9.17, 15) is 17.7 Å². The van der Waals surface area contributed by atoms with Gasteiger partial charge in [0.25, 0.3) is 0 Å². The van der Waals surface area contributed by atoms with E-state index in [1.54, 1.807) is 0 Å². The number of esters is 1. The zero-order chi connectivity index (χ0) is 8.91. The maximum absolute atomic E-state index is 11.4. The second-order valence-corrected chi connectivity index (χ2v) is 1.74. The van der Waals surface area contributed by atoms with Gasteiger partial charge in [0.05, 0.1) is 6.61 Å². The molecule has 0 heterocycles. The van der Waals surface area contributed by atoms with Gasteiger partial charge in [-0.15, -0.1) is 5.98 Å². The SMILES string of the molecule is CCOC(=O)C=C[B-](F)(F)F.[K+]. The maximum atomic E-state index is 11.4. The van der Waals surface area contributed by atoms with Crippen LogP contribution >= 0.6 is 0 Å². The minimum atomic E-state index is -5.03. The van der Waals surface area contributed by atoms with Gasteiger partial charge in [-0.2, -0.15) is 0 Å². The second-order valence-electron chi connectivity index (χ2n) is 1.74. The topological polar surface area (TPSA) is 26.3 Å². The Labute approximate surface area is 111 Å². The van der Waals surface area contributed by atoms with Crippen molar-refractivity contribution in [1.82, 2.24) is 0 Å². The molecule has 7 heteroatoms. The molecule has 0 atom stereocenters. The van der Waals surface area contributed by atoms with Crippen molar-refractivity contribution in [3.8, 4) is 0 Å². The first-order valence-corrected chi connectivity index (χ1v) is 3.01. The van der Waals surface area contributed by atoms with Crippen LogP contribution in [0, 0.1) is 0 Å². The molecule has 0 fully saturated rings. The molecule has 2 nitrogen and oxygen atoms in total. The number of hydrogen-bond acceptors (Lipinski definition) is 2. The Balaban J connectivity index is 0. The molecule has 0 N–H and O–H groups in total. The number of ether oxygens (including phenoxy) is 1. The number of carbonyl (C=O) groups is 1. The molecule has 0 aliphatic heterocycles. The van der Waals surface area contributed by atoms with Crippen LogP contribution in [0.25, 0.3) is 0 Å². The Kier molecular flexibility index (Phi) is 9.03. The molecule has 0 aromatic rings. The Morgan fingerprint density at radius 1 is 1.50 bits per heavy atom. The van der Waals surface area contributed by atoms with E-state index in [4.69, 9.17) is 0 Å². The van der Waals surface area contributed by atoms with Crippen LogP contribution in [0.4, 0.5) is 12.9 Å². The van der Waals surface area contributed by atoms with E-state index in [0.29, 0.717) is 6.08 Å². The zero-order valence-corrected chi connectivity index (χ0v) is 10.0. The smallest absolute Gasteiger partial charge is 0.463 e. The summed E-state index contributed by atoms with van der Waals surface area (Å²) in [5, 5.41) is 0. The first-order valence-electron chi connectivity index (χ1n) is 3.01. The second kappa shape index (κ2) is 7.14. The third-order valence-corrected chi connectivity index (χ3v) is 0.737. The molecule has 64 valence electrons. The molecular formula is C5H7BF3KO2. The van der Waals surface area contributed by atoms with Crippen LogP contribution in [-0.4, -0.2) is 19.6 Å². The van der Waals surface area contributed by atoms with Crippen LogP contribution in [0.5, 0.6) is 0 Å². The van der Waals surface area contributed by atoms with Gasteiger partial charge in [-0.05, 0) is 13.0 Å². The van der Waals surface area contributed by atoms with E-state index >= 15 is 0 Å². The average Bonchev–Trinajstić information content (AvgIpc) is 1.83. The maximum Gasteiger partial charge on any atom is 1.00 e. The van der Waals surface area contributed by atoms with Crippen molar-refractivity contribution in [1.29, 1.82) is 0 Å². The largest absolute Gasteiger partial charge is 1.00 e. The minimum absolute atomic E-state index is 0. The Hall–Kier alpha value is 0.701. The average molecular weight is 206 g/mol. The summed E-state index contributed by atoms with van der Waals surface area (Å²) in [6, 6.07) is 0. The van der Waals surface area contributed by atoms with Crippen molar-refractivity contribution in [2.24, 2.45) is 0 Å². The predicted octanol–water partition coefficient (Wildman–Crippen LogP) is -1.50. The van der Waals surface area contributed by atoms with Gasteiger partial charge in [-0.3, -0.25) is 0 Å². The van der Waals surface area contributed by atoms with Crippen molar-refractivity contribution in [3.63, 3.8) is 0 Å². The summed E-state index contributed by atoms with van der Waals surface area (Å²) >= 11 is 0. The molecule has 12 heavy (non-hydrogen) atoms. The number of rotatable bonds is 3.